The highest BCUT2D eigenvalue weighted by Gasteiger charge is 2.56. The van der Waals surface area contributed by atoms with Crippen molar-refractivity contribution < 1.29 is 18.3 Å². The Bertz CT molecular complexity index is 629. The van der Waals surface area contributed by atoms with E-state index in [9.17, 15) is 18.3 Å². The monoisotopic (exact) mass is 295 g/mol. The van der Waals surface area contributed by atoms with Gasteiger partial charge in [0.15, 0.2) is 0 Å². The molecule has 0 fully saturated rings. The fourth-order valence-electron chi connectivity index (χ4n) is 2.36. The summed E-state index contributed by atoms with van der Waals surface area (Å²) in [6, 6.07) is 9.60. The third kappa shape index (κ3) is 2.49. The lowest BCUT2D eigenvalue weighted by Crippen LogP contribution is -2.43. The third-order valence-corrected chi connectivity index (χ3v) is 3.61. The van der Waals surface area contributed by atoms with Gasteiger partial charge in [-0.1, -0.05) is 42.5 Å². The van der Waals surface area contributed by atoms with Crippen LogP contribution in [0.1, 0.15) is 22.3 Å². The maximum atomic E-state index is 13.6. The molecule has 0 aliphatic rings. The number of aliphatic hydroxyl groups is 1. The Hall–Kier alpha value is -2.01. The molecule has 2 nitrogen and oxygen atoms in total. The summed E-state index contributed by atoms with van der Waals surface area (Å²) in [6.45, 7) is 3.24. The van der Waals surface area contributed by atoms with Crippen LogP contribution >= 0.6 is 0 Å². The first kappa shape index (κ1) is 15.4. The van der Waals surface area contributed by atoms with Gasteiger partial charge in [0.05, 0.1) is 0 Å². The number of aryl methyl sites for hydroxylation is 2. The molecule has 2 aromatic rings. The van der Waals surface area contributed by atoms with Gasteiger partial charge in [0.2, 0.25) is 5.60 Å². The predicted molar refractivity (Wildman–Crippen MR) is 75.8 cm³/mol. The van der Waals surface area contributed by atoms with Gasteiger partial charge in [-0.2, -0.15) is 13.2 Å². The summed E-state index contributed by atoms with van der Waals surface area (Å²) in [5.41, 5.74) is 3.70. The standard InChI is InChI=1S/C16H16F3NO/c1-10-8-13(9-11(2)14(10)20)15(21,16(17,18)19)12-6-4-3-5-7-12/h3-9,21H,20H2,1-2H3. The Morgan fingerprint density at radius 1 is 0.905 bits per heavy atom. The first-order chi connectivity index (χ1) is 9.68. The molecule has 0 aliphatic carbocycles. The quantitative estimate of drug-likeness (QED) is 0.830. The number of hydrogen-bond acceptors (Lipinski definition) is 2. The predicted octanol–water partition coefficient (Wildman–Crippen LogP) is 3.68. The molecule has 1 atom stereocenters. The zero-order valence-corrected chi connectivity index (χ0v) is 11.7. The number of nitrogen functional groups attached to an aromatic ring is 1. The summed E-state index contributed by atoms with van der Waals surface area (Å²) < 4.78 is 40.7. The van der Waals surface area contributed by atoms with E-state index in [1.807, 2.05) is 0 Å². The highest BCUT2D eigenvalue weighted by atomic mass is 19.4. The molecule has 0 saturated heterocycles. The van der Waals surface area contributed by atoms with Crippen LogP contribution in [0.25, 0.3) is 0 Å². The number of anilines is 1. The molecule has 21 heavy (non-hydrogen) atoms. The van der Waals surface area contributed by atoms with Crippen molar-refractivity contribution in [2.45, 2.75) is 25.6 Å². The van der Waals surface area contributed by atoms with Gasteiger partial charge in [-0.25, -0.2) is 0 Å². The van der Waals surface area contributed by atoms with Crippen molar-refractivity contribution in [3.8, 4) is 0 Å². The topological polar surface area (TPSA) is 46.2 Å². The largest absolute Gasteiger partial charge is 0.425 e. The van der Waals surface area contributed by atoms with Crippen molar-refractivity contribution >= 4 is 5.69 Å². The number of nitrogens with two attached hydrogens (primary N) is 1. The number of halogens is 3. The smallest absolute Gasteiger partial charge is 0.398 e. The first-order valence-electron chi connectivity index (χ1n) is 6.39. The Kier molecular flexibility index (Phi) is 3.72. The number of rotatable bonds is 2. The number of hydrogen-bond donors (Lipinski definition) is 2. The fraction of sp³-hybridized carbons (Fsp3) is 0.250. The molecular weight excluding hydrogens is 279 g/mol. The second-order valence-electron chi connectivity index (χ2n) is 5.10. The van der Waals surface area contributed by atoms with Gasteiger partial charge in [0.1, 0.15) is 0 Å². The molecular formula is C16H16F3NO. The molecule has 0 radical (unpaired) electrons. The SMILES string of the molecule is Cc1cc(C(O)(c2ccccc2)C(F)(F)F)cc(C)c1N. The van der Waals surface area contributed by atoms with E-state index in [1.54, 1.807) is 19.9 Å². The average Bonchev–Trinajstić information content (AvgIpc) is 2.43. The third-order valence-electron chi connectivity index (χ3n) is 3.61. The molecule has 5 heteroatoms. The average molecular weight is 295 g/mol. The molecule has 0 aromatic heterocycles. The molecule has 3 N–H and O–H groups in total. The van der Waals surface area contributed by atoms with Gasteiger partial charge >= 0.3 is 6.18 Å². The van der Waals surface area contributed by atoms with E-state index in [4.69, 9.17) is 5.73 Å². The molecule has 0 amide bonds. The Morgan fingerprint density at radius 3 is 1.81 bits per heavy atom. The molecule has 112 valence electrons. The van der Waals surface area contributed by atoms with Crippen molar-refractivity contribution in [3.63, 3.8) is 0 Å². The maximum Gasteiger partial charge on any atom is 0.425 e. The van der Waals surface area contributed by atoms with Crippen LogP contribution in [0, 0.1) is 13.8 Å². The van der Waals surface area contributed by atoms with E-state index < -0.39 is 11.8 Å². The van der Waals surface area contributed by atoms with E-state index in [2.05, 4.69) is 0 Å². The molecule has 0 saturated carbocycles. The summed E-state index contributed by atoms with van der Waals surface area (Å²) in [5, 5.41) is 10.5. The molecule has 0 spiro atoms. The number of alkyl halides is 3. The summed E-state index contributed by atoms with van der Waals surface area (Å²) in [5.74, 6) is 0. The van der Waals surface area contributed by atoms with Gasteiger partial charge < -0.3 is 10.8 Å². The second-order valence-corrected chi connectivity index (χ2v) is 5.10. The molecule has 0 heterocycles. The van der Waals surface area contributed by atoms with Crippen LogP contribution in [0.5, 0.6) is 0 Å². The van der Waals surface area contributed by atoms with Gasteiger partial charge in [0.25, 0.3) is 0 Å². The highest BCUT2D eigenvalue weighted by Crippen LogP contribution is 2.45. The van der Waals surface area contributed by atoms with Crippen LogP contribution in [0.2, 0.25) is 0 Å². The lowest BCUT2D eigenvalue weighted by molar-refractivity contribution is -0.248. The fourth-order valence-corrected chi connectivity index (χ4v) is 2.36. The van der Waals surface area contributed by atoms with Crippen molar-refractivity contribution in [1.29, 1.82) is 0 Å². The Labute approximate surface area is 121 Å². The minimum absolute atomic E-state index is 0.221. The van der Waals surface area contributed by atoms with Crippen LogP contribution in [-0.2, 0) is 5.60 Å². The number of benzene rings is 2. The lowest BCUT2D eigenvalue weighted by atomic mass is 9.84. The zero-order valence-electron chi connectivity index (χ0n) is 11.7. The molecule has 2 rings (SSSR count). The summed E-state index contributed by atoms with van der Waals surface area (Å²) in [4.78, 5) is 0. The van der Waals surface area contributed by atoms with Crippen molar-refractivity contribution in [1.82, 2.24) is 0 Å². The lowest BCUT2D eigenvalue weighted by Gasteiger charge is -2.32. The summed E-state index contributed by atoms with van der Waals surface area (Å²) in [7, 11) is 0. The second kappa shape index (κ2) is 5.07. The van der Waals surface area contributed by atoms with Crippen LogP contribution in [0.15, 0.2) is 42.5 Å². The summed E-state index contributed by atoms with van der Waals surface area (Å²) in [6.07, 6.45) is -4.84. The first-order valence-corrected chi connectivity index (χ1v) is 6.39. The van der Waals surface area contributed by atoms with Gasteiger partial charge in [-0.3, -0.25) is 0 Å². The molecule has 0 bridgehead atoms. The van der Waals surface area contributed by atoms with E-state index in [-0.39, 0.29) is 11.1 Å². The normalized spacial score (nSPS) is 14.8. The minimum Gasteiger partial charge on any atom is -0.398 e. The summed E-state index contributed by atoms with van der Waals surface area (Å²) >= 11 is 0. The van der Waals surface area contributed by atoms with Crippen molar-refractivity contribution in [2.75, 3.05) is 5.73 Å². The van der Waals surface area contributed by atoms with E-state index in [0.717, 1.165) is 0 Å². The van der Waals surface area contributed by atoms with Crippen molar-refractivity contribution in [3.05, 3.63) is 64.7 Å². The molecule has 0 aliphatic heterocycles. The van der Waals surface area contributed by atoms with Crippen LogP contribution in [-0.4, -0.2) is 11.3 Å². The van der Waals surface area contributed by atoms with E-state index >= 15 is 0 Å². The van der Waals surface area contributed by atoms with Crippen molar-refractivity contribution in [2.24, 2.45) is 0 Å². The van der Waals surface area contributed by atoms with Crippen LogP contribution in [0.3, 0.4) is 0 Å². The van der Waals surface area contributed by atoms with Crippen LogP contribution in [0.4, 0.5) is 18.9 Å². The van der Waals surface area contributed by atoms with E-state index in [0.29, 0.717) is 16.8 Å². The van der Waals surface area contributed by atoms with Crippen LogP contribution < -0.4 is 5.73 Å². The molecule has 2 aromatic carbocycles. The van der Waals surface area contributed by atoms with Gasteiger partial charge in [0, 0.05) is 5.69 Å². The van der Waals surface area contributed by atoms with E-state index in [1.165, 1.54) is 36.4 Å². The zero-order chi connectivity index (χ0) is 15.8. The van der Waals surface area contributed by atoms with Gasteiger partial charge in [-0.05, 0) is 36.1 Å². The Balaban J connectivity index is 2.74. The Morgan fingerprint density at radius 2 is 1.38 bits per heavy atom. The highest BCUT2D eigenvalue weighted by molar-refractivity contribution is 5.56. The minimum atomic E-state index is -4.84. The van der Waals surface area contributed by atoms with Gasteiger partial charge in [-0.15, -0.1) is 0 Å². The maximum absolute atomic E-state index is 13.6. The molecule has 1 unspecified atom stereocenters.